The molecule has 2 N–H and O–H groups in total. The highest BCUT2D eigenvalue weighted by molar-refractivity contribution is 7.84. The molecule has 1 rings (SSSR count). The highest BCUT2D eigenvalue weighted by atomic mass is 32.2. The van der Waals surface area contributed by atoms with Crippen LogP contribution in [0.1, 0.15) is 30.6 Å². The monoisotopic (exact) mass is 301 g/mol. The van der Waals surface area contributed by atoms with E-state index in [0.717, 1.165) is 6.42 Å². The van der Waals surface area contributed by atoms with Gasteiger partial charge in [-0.3, -0.25) is 9.00 Å². The molecule has 1 heterocycles. The first-order valence-corrected chi connectivity index (χ1v) is 8.10. The molecule has 0 saturated heterocycles. The Kier molecular flexibility index (Phi) is 7.14. The molecule has 0 bridgehead atoms. The van der Waals surface area contributed by atoms with Crippen molar-refractivity contribution in [2.45, 2.75) is 20.3 Å². The Hall–Kier alpha value is -1.50. The summed E-state index contributed by atoms with van der Waals surface area (Å²) in [7, 11) is -0.947. The lowest BCUT2D eigenvalue weighted by Gasteiger charge is -2.09. The van der Waals surface area contributed by atoms with Crippen molar-refractivity contribution >= 4 is 22.5 Å². The number of nitrogens with zero attached hydrogens (tertiary/aromatic N) is 1. The maximum atomic E-state index is 14.1. The summed E-state index contributed by atoms with van der Waals surface area (Å²) in [5.74, 6) is -0.176. The molecule has 0 aliphatic rings. The van der Waals surface area contributed by atoms with Gasteiger partial charge in [0.25, 0.3) is 5.91 Å². The predicted molar refractivity (Wildman–Crippen MR) is 78.9 cm³/mol. The summed E-state index contributed by atoms with van der Waals surface area (Å²) in [6.45, 7) is 4.62. The normalized spacial score (nSPS) is 11.9. The molecule has 20 heavy (non-hydrogen) atoms. The maximum Gasteiger partial charge on any atom is 0.254 e. The largest absolute Gasteiger partial charge is 0.368 e. The van der Waals surface area contributed by atoms with Gasteiger partial charge >= 0.3 is 0 Å². The summed E-state index contributed by atoms with van der Waals surface area (Å²) >= 11 is 0. The summed E-state index contributed by atoms with van der Waals surface area (Å²) in [4.78, 5) is 15.7. The third-order valence-corrected chi connectivity index (χ3v) is 3.92. The number of aromatic nitrogens is 1. The Balaban J connectivity index is 2.65. The fraction of sp³-hybridized carbons (Fsp3) is 0.538. The summed E-state index contributed by atoms with van der Waals surface area (Å²) < 4.78 is 25.3. The number of carbonyl (C=O) groups excluding carboxylic acids is 1. The van der Waals surface area contributed by atoms with Crippen molar-refractivity contribution in [3.05, 3.63) is 23.6 Å². The summed E-state index contributed by atoms with van der Waals surface area (Å²) in [5.41, 5.74) is -0.0547. The number of carbonyl (C=O) groups is 1. The Morgan fingerprint density at radius 1 is 1.40 bits per heavy atom. The number of hydrogen-bond acceptors (Lipinski definition) is 4. The summed E-state index contributed by atoms with van der Waals surface area (Å²) in [5, 5.41) is 5.39. The number of anilines is 1. The number of rotatable bonds is 8. The molecule has 1 aromatic heterocycles. The highest BCUT2D eigenvalue weighted by Gasteiger charge is 2.15. The van der Waals surface area contributed by atoms with Gasteiger partial charge in [-0.15, -0.1) is 0 Å². The molecule has 0 aliphatic carbocycles. The molecule has 0 aliphatic heterocycles. The quantitative estimate of drug-likeness (QED) is 0.764. The molecule has 0 fully saturated rings. The lowest BCUT2D eigenvalue weighted by molar-refractivity contribution is 0.0952. The third kappa shape index (κ3) is 4.88. The van der Waals surface area contributed by atoms with E-state index < -0.39 is 22.5 Å². The van der Waals surface area contributed by atoms with Gasteiger partial charge in [0, 0.05) is 41.6 Å². The van der Waals surface area contributed by atoms with Crippen molar-refractivity contribution < 1.29 is 13.4 Å². The van der Waals surface area contributed by atoms with E-state index in [0.29, 0.717) is 18.1 Å². The molecule has 7 heteroatoms. The minimum absolute atomic E-state index is 0.0547. The molecule has 0 spiro atoms. The van der Waals surface area contributed by atoms with Gasteiger partial charge in [-0.05, 0) is 12.5 Å². The molecule has 1 unspecified atom stereocenters. The molecular weight excluding hydrogens is 281 g/mol. The average molecular weight is 301 g/mol. The minimum atomic E-state index is -0.947. The molecule has 0 saturated carbocycles. The van der Waals surface area contributed by atoms with Crippen LogP contribution in [0.5, 0.6) is 0 Å². The number of pyridine rings is 1. The van der Waals surface area contributed by atoms with E-state index in [2.05, 4.69) is 15.6 Å². The Labute approximate surface area is 120 Å². The third-order valence-electron chi connectivity index (χ3n) is 2.61. The van der Waals surface area contributed by atoms with Crippen molar-refractivity contribution in [2.24, 2.45) is 0 Å². The SMILES string of the molecule is CCCNc1nccc(C(=O)NCCS(=O)CC)c1F. The van der Waals surface area contributed by atoms with Gasteiger partial charge in [0.05, 0.1) is 5.56 Å². The molecule has 1 aromatic rings. The van der Waals surface area contributed by atoms with Crippen LogP contribution in [-0.2, 0) is 10.8 Å². The Bertz CT molecular complexity index is 483. The first-order chi connectivity index (χ1) is 9.60. The van der Waals surface area contributed by atoms with E-state index in [4.69, 9.17) is 0 Å². The molecule has 5 nitrogen and oxygen atoms in total. The fourth-order valence-corrected chi connectivity index (χ4v) is 2.12. The van der Waals surface area contributed by atoms with Gasteiger partial charge in [-0.2, -0.15) is 0 Å². The zero-order valence-corrected chi connectivity index (χ0v) is 12.6. The first kappa shape index (κ1) is 16.6. The fourth-order valence-electron chi connectivity index (χ4n) is 1.50. The molecular formula is C13H20FN3O2S. The van der Waals surface area contributed by atoms with Gasteiger partial charge < -0.3 is 10.6 Å². The van der Waals surface area contributed by atoms with Crippen LogP contribution in [0.2, 0.25) is 0 Å². The first-order valence-electron chi connectivity index (χ1n) is 6.61. The lowest BCUT2D eigenvalue weighted by Crippen LogP contribution is -2.29. The van der Waals surface area contributed by atoms with Crippen molar-refractivity contribution in [2.75, 3.05) is 29.9 Å². The van der Waals surface area contributed by atoms with Gasteiger partial charge in [0.2, 0.25) is 0 Å². The van der Waals surface area contributed by atoms with Crippen molar-refractivity contribution in [1.29, 1.82) is 0 Å². The van der Waals surface area contributed by atoms with Gasteiger partial charge in [-0.1, -0.05) is 13.8 Å². The van der Waals surface area contributed by atoms with Crippen LogP contribution in [0.25, 0.3) is 0 Å². The van der Waals surface area contributed by atoms with Crippen LogP contribution in [-0.4, -0.2) is 39.7 Å². The van der Waals surface area contributed by atoms with Crippen molar-refractivity contribution in [1.82, 2.24) is 10.3 Å². The van der Waals surface area contributed by atoms with E-state index in [9.17, 15) is 13.4 Å². The smallest absolute Gasteiger partial charge is 0.254 e. The zero-order chi connectivity index (χ0) is 15.0. The van der Waals surface area contributed by atoms with E-state index in [1.54, 1.807) is 0 Å². The summed E-state index contributed by atoms with van der Waals surface area (Å²) in [6, 6.07) is 1.33. The van der Waals surface area contributed by atoms with Gasteiger partial charge in [-0.25, -0.2) is 9.37 Å². The molecule has 0 radical (unpaired) electrons. The highest BCUT2D eigenvalue weighted by Crippen LogP contribution is 2.14. The molecule has 112 valence electrons. The molecule has 1 atom stereocenters. The number of nitrogens with one attached hydrogen (secondary N) is 2. The van der Waals surface area contributed by atoms with Crippen LogP contribution in [0, 0.1) is 5.82 Å². The van der Waals surface area contributed by atoms with Crippen LogP contribution >= 0.6 is 0 Å². The molecule has 0 aromatic carbocycles. The Morgan fingerprint density at radius 2 is 2.15 bits per heavy atom. The van der Waals surface area contributed by atoms with E-state index in [-0.39, 0.29) is 17.9 Å². The van der Waals surface area contributed by atoms with Gasteiger partial charge in [0.1, 0.15) is 0 Å². The number of halogens is 1. The van der Waals surface area contributed by atoms with Gasteiger partial charge in [0.15, 0.2) is 11.6 Å². The lowest BCUT2D eigenvalue weighted by atomic mass is 10.2. The van der Waals surface area contributed by atoms with Crippen LogP contribution in [0.15, 0.2) is 12.3 Å². The second-order valence-electron chi connectivity index (χ2n) is 4.14. The molecule has 1 amide bonds. The van der Waals surface area contributed by atoms with Crippen LogP contribution < -0.4 is 10.6 Å². The van der Waals surface area contributed by atoms with Crippen LogP contribution in [0.3, 0.4) is 0 Å². The number of hydrogen-bond donors (Lipinski definition) is 2. The van der Waals surface area contributed by atoms with Crippen molar-refractivity contribution in [3.8, 4) is 0 Å². The zero-order valence-electron chi connectivity index (χ0n) is 11.7. The predicted octanol–water partition coefficient (Wildman–Crippen LogP) is 1.54. The minimum Gasteiger partial charge on any atom is -0.368 e. The average Bonchev–Trinajstić information content (AvgIpc) is 2.45. The maximum absolute atomic E-state index is 14.1. The van der Waals surface area contributed by atoms with Crippen molar-refractivity contribution in [3.63, 3.8) is 0 Å². The van der Waals surface area contributed by atoms with E-state index in [1.165, 1.54) is 12.3 Å². The van der Waals surface area contributed by atoms with Crippen LogP contribution in [0.4, 0.5) is 10.2 Å². The Morgan fingerprint density at radius 3 is 2.80 bits per heavy atom. The second-order valence-corrected chi connectivity index (χ2v) is 6.00. The second kappa shape index (κ2) is 8.63. The standard InChI is InChI=1S/C13H20FN3O2S/c1-3-6-15-12-11(14)10(5-7-16-12)13(18)17-8-9-20(19)4-2/h5,7H,3-4,6,8-9H2,1-2H3,(H,15,16)(H,17,18). The summed E-state index contributed by atoms with van der Waals surface area (Å²) in [6.07, 6.45) is 2.22. The number of amides is 1. The van der Waals surface area contributed by atoms with E-state index >= 15 is 0 Å². The topological polar surface area (TPSA) is 71.1 Å². The van der Waals surface area contributed by atoms with E-state index in [1.807, 2.05) is 13.8 Å².